The number of nitrogens with one attached hydrogen (secondary N) is 1. The predicted molar refractivity (Wildman–Crippen MR) is 102 cm³/mol. The van der Waals surface area contributed by atoms with E-state index < -0.39 is 11.9 Å². The fourth-order valence-corrected chi connectivity index (χ4v) is 2.86. The number of aliphatic carboxylic acids is 1. The van der Waals surface area contributed by atoms with E-state index in [2.05, 4.69) is 5.32 Å². The molecule has 5 nitrogen and oxygen atoms in total. The second-order valence-electron chi connectivity index (χ2n) is 6.70. The topological polar surface area (TPSA) is 75.6 Å². The zero-order chi connectivity index (χ0) is 18.9. The van der Waals surface area contributed by atoms with Crippen molar-refractivity contribution in [2.45, 2.75) is 39.2 Å². The molecule has 26 heavy (non-hydrogen) atoms. The van der Waals surface area contributed by atoms with Crippen molar-refractivity contribution in [3.05, 3.63) is 48.0 Å². The second-order valence-corrected chi connectivity index (χ2v) is 6.70. The molecule has 140 valence electrons. The van der Waals surface area contributed by atoms with Crippen molar-refractivity contribution in [1.29, 1.82) is 0 Å². The van der Waals surface area contributed by atoms with Gasteiger partial charge in [-0.3, -0.25) is 9.59 Å². The van der Waals surface area contributed by atoms with Crippen LogP contribution in [0.25, 0.3) is 10.8 Å². The zero-order valence-electron chi connectivity index (χ0n) is 15.4. The van der Waals surface area contributed by atoms with Gasteiger partial charge in [0.25, 0.3) is 0 Å². The van der Waals surface area contributed by atoms with Gasteiger partial charge in [0.1, 0.15) is 0 Å². The lowest BCUT2D eigenvalue weighted by molar-refractivity contribution is -0.141. The first-order valence-electron chi connectivity index (χ1n) is 9.05. The van der Waals surface area contributed by atoms with Crippen LogP contribution < -0.4 is 5.32 Å². The van der Waals surface area contributed by atoms with Crippen LogP contribution in [-0.4, -0.2) is 36.2 Å². The van der Waals surface area contributed by atoms with Crippen LogP contribution in [0.2, 0.25) is 0 Å². The Kier molecular flexibility index (Phi) is 7.60. The molecule has 0 saturated carbocycles. The average Bonchev–Trinajstić information content (AvgIpc) is 2.62. The summed E-state index contributed by atoms with van der Waals surface area (Å²) in [5.74, 6) is -1.69. The van der Waals surface area contributed by atoms with Gasteiger partial charge in [-0.05, 0) is 43.0 Å². The summed E-state index contributed by atoms with van der Waals surface area (Å²) in [7, 11) is 0. The van der Waals surface area contributed by atoms with Crippen LogP contribution in [0.15, 0.2) is 42.5 Å². The SMILES string of the molecule is CC(C)OCCCC(=O)NCC(Cc1cccc2ccccc12)C(=O)O. The minimum Gasteiger partial charge on any atom is -0.481 e. The predicted octanol–water partition coefficient (Wildman–Crippen LogP) is 3.40. The summed E-state index contributed by atoms with van der Waals surface area (Å²) in [5.41, 5.74) is 0.982. The molecule has 0 fully saturated rings. The molecule has 0 aliphatic heterocycles. The Balaban J connectivity index is 1.90. The van der Waals surface area contributed by atoms with Crippen LogP contribution in [0.3, 0.4) is 0 Å². The number of carboxylic acid groups (broad SMARTS) is 1. The molecule has 2 aromatic carbocycles. The fourth-order valence-electron chi connectivity index (χ4n) is 2.86. The number of carbonyl (C=O) groups excluding carboxylic acids is 1. The normalized spacial score (nSPS) is 12.3. The molecule has 0 saturated heterocycles. The first-order valence-corrected chi connectivity index (χ1v) is 9.05. The molecular formula is C21H27NO4. The third-order valence-corrected chi connectivity index (χ3v) is 4.24. The fraction of sp³-hybridized carbons (Fsp3) is 0.429. The van der Waals surface area contributed by atoms with Gasteiger partial charge in [-0.25, -0.2) is 0 Å². The summed E-state index contributed by atoms with van der Waals surface area (Å²) in [4.78, 5) is 23.5. The first kappa shape index (κ1) is 19.9. The monoisotopic (exact) mass is 357 g/mol. The number of carbonyl (C=O) groups is 2. The molecular weight excluding hydrogens is 330 g/mol. The van der Waals surface area contributed by atoms with Crippen molar-refractivity contribution in [1.82, 2.24) is 5.32 Å². The van der Waals surface area contributed by atoms with Crippen molar-refractivity contribution >= 4 is 22.6 Å². The van der Waals surface area contributed by atoms with E-state index in [0.29, 0.717) is 25.9 Å². The Morgan fingerprint density at radius 3 is 2.58 bits per heavy atom. The summed E-state index contributed by atoms with van der Waals surface area (Å²) >= 11 is 0. The Labute approximate surface area is 154 Å². The van der Waals surface area contributed by atoms with E-state index in [9.17, 15) is 14.7 Å². The van der Waals surface area contributed by atoms with Gasteiger partial charge >= 0.3 is 5.97 Å². The average molecular weight is 357 g/mol. The van der Waals surface area contributed by atoms with Gasteiger partial charge in [0, 0.05) is 19.6 Å². The number of hydrogen-bond donors (Lipinski definition) is 2. The number of ether oxygens (including phenoxy) is 1. The number of rotatable bonds is 10. The Morgan fingerprint density at radius 1 is 1.12 bits per heavy atom. The molecule has 0 aliphatic rings. The lowest BCUT2D eigenvalue weighted by Gasteiger charge is -2.15. The third kappa shape index (κ3) is 6.15. The largest absolute Gasteiger partial charge is 0.481 e. The summed E-state index contributed by atoms with van der Waals surface area (Å²) in [5, 5.41) is 14.4. The van der Waals surface area contributed by atoms with Gasteiger partial charge < -0.3 is 15.2 Å². The molecule has 2 aromatic rings. The van der Waals surface area contributed by atoms with Crippen LogP contribution in [0, 0.1) is 5.92 Å². The molecule has 0 aromatic heterocycles. The van der Waals surface area contributed by atoms with Gasteiger partial charge in [-0.1, -0.05) is 42.5 Å². The van der Waals surface area contributed by atoms with Crippen molar-refractivity contribution in [3.8, 4) is 0 Å². The second kappa shape index (κ2) is 9.92. The lowest BCUT2D eigenvalue weighted by Crippen LogP contribution is -2.34. The maximum atomic E-state index is 11.9. The quantitative estimate of drug-likeness (QED) is 0.639. The van der Waals surface area contributed by atoms with Crippen molar-refractivity contribution in [2.24, 2.45) is 5.92 Å². The summed E-state index contributed by atoms with van der Waals surface area (Å²) in [6, 6.07) is 13.8. The minimum atomic E-state index is -0.902. The van der Waals surface area contributed by atoms with Crippen LogP contribution in [-0.2, 0) is 20.7 Å². The highest BCUT2D eigenvalue weighted by Crippen LogP contribution is 2.21. The number of hydrogen-bond acceptors (Lipinski definition) is 3. The highest BCUT2D eigenvalue weighted by Gasteiger charge is 2.20. The zero-order valence-corrected chi connectivity index (χ0v) is 15.4. The molecule has 2 N–H and O–H groups in total. The molecule has 1 atom stereocenters. The molecule has 0 heterocycles. The number of amides is 1. The standard InChI is InChI=1S/C21H27NO4/c1-15(2)26-12-6-11-20(23)22-14-18(21(24)25)13-17-9-5-8-16-7-3-4-10-19(16)17/h3-5,7-10,15,18H,6,11-14H2,1-2H3,(H,22,23)(H,24,25). The van der Waals surface area contributed by atoms with Gasteiger partial charge in [0.2, 0.25) is 5.91 Å². The highest BCUT2D eigenvalue weighted by molar-refractivity contribution is 5.86. The maximum absolute atomic E-state index is 11.9. The molecule has 0 radical (unpaired) electrons. The van der Waals surface area contributed by atoms with Crippen molar-refractivity contribution in [3.63, 3.8) is 0 Å². The van der Waals surface area contributed by atoms with Crippen molar-refractivity contribution < 1.29 is 19.4 Å². The number of benzene rings is 2. The Morgan fingerprint density at radius 2 is 1.85 bits per heavy atom. The first-order chi connectivity index (χ1) is 12.5. The number of carboxylic acids is 1. The molecule has 0 spiro atoms. The molecule has 5 heteroatoms. The molecule has 1 unspecified atom stereocenters. The highest BCUT2D eigenvalue weighted by atomic mass is 16.5. The Bertz CT molecular complexity index is 736. The van der Waals surface area contributed by atoms with E-state index in [4.69, 9.17) is 4.74 Å². The number of fused-ring (bicyclic) bond motifs is 1. The van der Waals surface area contributed by atoms with E-state index in [1.165, 1.54) is 0 Å². The minimum absolute atomic E-state index is 0.127. The van der Waals surface area contributed by atoms with Gasteiger partial charge in [-0.15, -0.1) is 0 Å². The van der Waals surface area contributed by atoms with E-state index in [0.717, 1.165) is 16.3 Å². The lowest BCUT2D eigenvalue weighted by atomic mass is 9.95. The Hall–Kier alpha value is -2.40. The molecule has 0 bridgehead atoms. The van der Waals surface area contributed by atoms with Crippen LogP contribution >= 0.6 is 0 Å². The van der Waals surface area contributed by atoms with Crippen LogP contribution in [0.1, 0.15) is 32.3 Å². The molecule has 2 rings (SSSR count). The third-order valence-electron chi connectivity index (χ3n) is 4.24. The van der Waals surface area contributed by atoms with Crippen LogP contribution in [0.4, 0.5) is 0 Å². The maximum Gasteiger partial charge on any atom is 0.308 e. The summed E-state index contributed by atoms with van der Waals surface area (Å²) < 4.78 is 5.40. The van der Waals surface area contributed by atoms with E-state index >= 15 is 0 Å². The smallest absolute Gasteiger partial charge is 0.308 e. The van der Waals surface area contributed by atoms with Gasteiger partial charge in [0.05, 0.1) is 12.0 Å². The van der Waals surface area contributed by atoms with Crippen LogP contribution in [0.5, 0.6) is 0 Å². The van der Waals surface area contributed by atoms with E-state index in [-0.39, 0.29) is 18.6 Å². The van der Waals surface area contributed by atoms with Crippen molar-refractivity contribution in [2.75, 3.05) is 13.2 Å². The van der Waals surface area contributed by atoms with E-state index in [1.54, 1.807) is 0 Å². The summed E-state index contributed by atoms with van der Waals surface area (Å²) in [6.45, 7) is 4.56. The van der Waals surface area contributed by atoms with E-state index in [1.807, 2.05) is 56.3 Å². The van der Waals surface area contributed by atoms with Gasteiger partial charge in [0.15, 0.2) is 0 Å². The molecule has 1 amide bonds. The summed E-state index contributed by atoms with van der Waals surface area (Å²) in [6.07, 6.45) is 1.50. The van der Waals surface area contributed by atoms with Gasteiger partial charge in [-0.2, -0.15) is 0 Å². The molecule has 0 aliphatic carbocycles.